The molecule has 0 spiro atoms. The highest BCUT2D eigenvalue weighted by molar-refractivity contribution is 5.94. The van der Waals surface area contributed by atoms with Crippen molar-refractivity contribution in [1.82, 2.24) is 24.3 Å². The number of para-hydroxylation sites is 1. The molecule has 3 aromatic heterocycles. The first-order chi connectivity index (χ1) is 17.2. The van der Waals surface area contributed by atoms with Crippen LogP contribution < -0.4 is 10.9 Å². The molecule has 5 aromatic rings. The van der Waals surface area contributed by atoms with Crippen LogP contribution in [0.3, 0.4) is 0 Å². The first kappa shape index (κ1) is 23.2. The fraction of sp³-hybridized carbons (Fsp3) is 0.120. The normalized spacial score (nSPS) is 11.7. The van der Waals surface area contributed by atoms with Gasteiger partial charge in [-0.25, -0.2) is 19.0 Å². The lowest BCUT2D eigenvalue weighted by Gasteiger charge is -2.08. The van der Waals surface area contributed by atoms with E-state index in [0.717, 1.165) is 12.1 Å². The molecule has 11 heteroatoms. The number of nitrogens with zero attached hydrogens (tertiary/aromatic N) is 5. The van der Waals surface area contributed by atoms with Gasteiger partial charge in [0.2, 0.25) is 5.95 Å². The minimum absolute atomic E-state index is 0.0945. The summed E-state index contributed by atoms with van der Waals surface area (Å²) in [4.78, 5) is 21.2. The molecule has 0 aliphatic carbocycles. The number of fused-ring (bicyclic) bond motifs is 1. The summed E-state index contributed by atoms with van der Waals surface area (Å²) < 4.78 is 56.5. The van der Waals surface area contributed by atoms with Crippen molar-refractivity contribution in [1.29, 1.82) is 0 Å². The van der Waals surface area contributed by atoms with Crippen LogP contribution in [-0.4, -0.2) is 31.4 Å². The second-order valence-electron chi connectivity index (χ2n) is 7.94. The Balaban J connectivity index is 1.56. The number of rotatable bonds is 5. The Hall–Kier alpha value is -4.54. The maximum Gasteiger partial charge on any atom is 0.416 e. The number of benzene rings is 2. The molecule has 0 bridgehead atoms. The third-order valence-corrected chi connectivity index (χ3v) is 5.63. The first-order valence-electron chi connectivity index (χ1n) is 10.8. The third kappa shape index (κ3) is 4.30. The molecule has 182 valence electrons. The number of hydrogen-bond acceptors (Lipinski definition) is 5. The molecular weight excluding hydrogens is 476 g/mol. The number of pyridine rings is 1. The van der Waals surface area contributed by atoms with Gasteiger partial charge in [0.05, 0.1) is 23.5 Å². The van der Waals surface area contributed by atoms with Crippen molar-refractivity contribution in [3.63, 3.8) is 0 Å². The standard InChI is InChI=1S/C25H18F4N6O/c1-30-24-31-11-9-17(32-24)14-34-12-10-15(13-21(34)36)22-19-3-2-4-20(26)23(19)35(33-22)18-7-5-16(6-8-18)25(27,28)29/h2-13H,14H2,1H3,(H,30,31,32). The van der Waals surface area contributed by atoms with Gasteiger partial charge in [-0.05, 0) is 42.5 Å². The van der Waals surface area contributed by atoms with Gasteiger partial charge in [-0.1, -0.05) is 12.1 Å². The summed E-state index contributed by atoms with van der Waals surface area (Å²) in [5.41, 5.74) is 0.592. The average Bonchev–Trinajstić information content (AvgIpc) is 3.26. The van der Waals surface area contributed by atoms with E-state index < -0.39 is 17.6 Å². The van der Waals surface area contributed by atoms with Crippen LogP contribution in [0.15, 0.2) is 77.9 Å². The van der Waals surface area contributed by atoms with E-state index in [1.807, 2.05) is 0 Å². The van der Waals surface area contributed by atoms with Gasteiger partial charge in [0.25, 0.3) is 5.56 Å². The van der Waals surface area contributed by atoms with Crippen LogP contribution >= 0.6 is 0 Å². The van der Waals surface area contributed by atoms with E-state index in [1.165, 1.54) is 39.6 Å². The van der Waals surface area contributed by atoms with E-state index in [0.29, 0.717) is 28.3 Å². The zero-order chi connectivity index (χ0) is 25.4. The van der Waals surface area contributed by atoms with Crippen molar-refractivity contribution in [2.24, 2.45) is 0 Å². The van der Waals surface area contributed by atoms with Gasteiger partial charge in [-0.3, -0.25) is 4.79 Å². The highest BCUT2D eigenvalue weighted by Crippen LogP contribution is 2.33. The lowest BCUT2D eigenvalue weighted by molar-refractivity contribution is -0.137. The molecule has 5 rings (SSSR count). The lowest BCUT2D eigenvalue weighted by Crippen LogP contribution is -2.20. The summed E-state index contributed by atoms with van der Waals surface area (Å²) in [7, 11) is 1.69. The number of alkyl halides is 3. The molecule has 7 nitrogen and oxygen atoms in total. The fourth-order valence-electron chi connectivity index (χ4n) is 3.88. The van der Waals surface area contributed by atoms with Gasteiger partial charge >= 0.3 is 6.18 Å². The second-order valence-corrected chi connectivity index (χ2v) is 7.94. The van der Waals surface area contributed by atoms with Gasteiger partial charge in [0.15, 0.2) is 0 Å². The molecule has 1 N–H and O–H groups in total. The first-order valence-corrected chi connectivity index (χ1v) is 10.8. The summed E-state index contributed by atoms with van der Waals surface area (Å²) >= 11 is 0. The van der Waals surface area contributed by atoms with Gasteiger partial charge < -0.3 is 9.88 Å². The van der Waals surface area contributed by atoms with E-state index in [9.17, 15) is 22.4 Å². The van der Waals surface area contributed by atoms with Gasteiger partial charge in [0.1, 0.15) is 17.0 Å². The van der Waals surface area contributed by atoms with Gasteiger partial charge in [-0.15, -0.1) is 0 Å². The summed E-state index contributed by atoms with van der Waals surface area (Å²) in [5.74, 6) is -0.164. The highest BCUT2D eigenvalue weighted by Gasteiger charge is 2.30. The molecule has 0 fully saturated rings. The number of aromatic nitrogens is 5. The summed E-state index contributed by atoms with van der Waals surface area (Å²) in [6.07, 6.45) is -1.32. The smallest absolute Gasteiger partial charge is 0.357 e. The molecule has 0 atom stereocenters. The number of anilines is 1. The van der Waals surface area contributed by atoms with Crippen LogP contribution in [0.5, 0.6) is 0 Å². The van der Waals surface area contributed by atoms with E-state index in [-0.39, 0.29) is 23.3 Å². The lowest BCUT2D eigenvalue weighted by atomic mass is 10.1. The Morgan fingerprint density at radius 3 is 2.50 bits per heavy atom. The molecule has 0 radical (unpaired) electrons. The van der Waals surface area contributed by atoms with Gasteiger partial charge in [-0.2, -0.15) is 18.3 Å². The Morgan fingerprint density at radius 1 is 1.03 bits per heavy atom. The van der Waals surface area contributed by atoms with E-state index in [4.69, 9.17) is 0 Å². The molecule has 0 saturated heterocycles. The molecular formula is C25H18F4N6O. The quantitative estimate of drug-likeness (QED) is 0.352. The Bertz CT molecular complexity index is 1620. The third-order valence-electron chi connectivity index (χ3n) is 5.63. The van der Waals surface area contributed by atoms with Crippen molar-refractivity contribution in [3.8, 4) is 16.9 Å². The van der Waals surface area contributed by atoms with Crippen LogP contribution in [0.1, 0.15) is 11.3 Å². The Labute approximate surface area is 201 Å². The second kappa shape index (κ2) is 8.91. The molecule has 3 heterocycles. The summed E-state index contributed by atoms with van der Waals surface area (Å²) in [6, 6.07) is 13.4. The minimum Gasteiger partial charge on any atom is -0.357 e. The van der Waals surface area contributed by atoms with E-state index >= 15 is 0 Å². The maximum atomic E-state index is 14.9. The van der Waals surface area contributed by atoms with Crippen molar-refractivity contribution in [3.05, 3.63) is 100 Å². The average molecular weight is 494 g/mol. The topological polar surface area (TPSA) is 77.6 Å². The Kier molecular flexibility index (Phi) is 5.75. The zero-order valence-electron chi connectivity index (χ0n) is 18.8. The number of nitrogens with one attached hydrogen (secondary N) is 1. The summed E-state index contributed by atoms with van der Waals surface area (Å²) in [5, 5.41) is 7.74. The zero-order valence-corrected chi connectivity index (χ0v) is 18.8. The van der Waals surface area contributed by atoms with Gasteiger partial charge in [0, 0.05) is 36.5 Å². The predicted molar refractivity (Wildman–Crippen MR) is 126 cm³/mol. The van der Waals surface area contributed by atoms with E-state index in [2.05, 4.69) is 20.4 Å². The maximum absolute atomic E-state index is 14.9. The predicted octanol–water partition coefficient (Wildman–Crippen LogP) is 4.89. The summed E-state index contributed by atoms with van der Waals surface area (Å²) in [6.45, 7) is 0.214. The van der Waals surface area contributed by atoms with Crippen molar-refractivity contribution >= 4 is 16.9 Å². The minimum atomic E-state index is -4.49. The van der Waals surface area contributed by atoms with Crippen LogP contribution in [0.25, 0.3) is 27.8 Å². The molecule has 0 unspecified atom stereocenters. The monoisotopic (exact) mass is 494 g/mol. The van der Waals surface area contributed by atoms with E-state index in [1.54, 1.807) is 37.6 Å². The van der Waals surface area contributed by atoms with Crippen molar-refractivity contribution in [2.45, 2.75) is 12.7 Å². The van der Waals surface area contributed by atoms with Crippen LogP contribution in [0, 0.1) is 5.82 Å². The highest BCUT2D eigenvalue weighted by atomic mass is 19.4. The molecule has 36 heavy (non-hydrogen) atoms. The number of halogens is 4. The largest absolute Gasteiger partial charge is 0.416 e. The van der Waals surface area contributed by atoms with Crippen LogP contribution in [0.2, 0.25) is 0 Å². The molecule has 0 aliphatic rings. The van der Waals surface area contributed by atoms with Crippen molar-refractivity contribution in [2.75, 3.05) is 12.4 Å². The molecule has 0 aliphatic heterocycles. The fourth-order valence-corrected chi connectivity index (χ4v) is 3.88. The molecule has 0 amide bonds. The van der Waals surface area contributed by atoms with Crippen LogP contribution in [0.4, 0.5) is 23.5 Å². The molecule has 0 saturated carbocycles. The van der Waals surface area contributed by atoms with Crippen LogP contribution in [-0.2, 0) is 12.7 Å². The number of hydrogen-bond donors (Lipinski definition) is 1. The van der Waals surface area contributed by atoms with Crippen molar-refractivity contribution < 1.29 is 17.6 Å². The SMILES string of the molecule is CNc1nccc(Cn2ccc(-c3nn(-c4ccc(C(F)(F)F)cc4)c4c(F)cccc34)cc2=O)n1. The molecule has 2 aromatic carbocycles. The Morgan fingerprint density at radius 2 is 1.81 bits per heavy atom.